The summed E-state index contributed by atoms with van der Waals surface area (Å²) in [5.74, 6) is -0.0625. The van der Waals surface area contributed by atoms with Crippen molar-refractivity contribution in [3.05, 3.63) is 332 Å². The van der Waals surface area contributed by atoms with Crippen LogP contribution >= 0.6 is 11.3 Å². The molecular weight excluding hydrogens is 2200 g/mol. The Morgan fingerprint density at radius 3 is 1.45 bits per heavy atom. The van der Waals surface area contributed by atoms with Crippen LogP contribution in [0.15, 0.2) is 285 Å². The van der Waals surface area contributed by atoms with Gasteiger partial charge in [0.25, 0.3) is 0 Å². The first kappa shape index (κ1) is 89.8. The number of aliphatic hydroxyl groups is 1. The van der Waals surface area contributed by atoms with Crippen LogP contribution in [0, 0.1) is 30.3 Å². The first-order valence-corrected chi connectivity index (χ1v) is 35.2. The van der Waals surface area contributed by atoms with Gasteiger partial charge in [0.05, 0.1) is 5.76 Å². The van der Waals surface area contributed by atoms with Crippen molar-refractivity contribution in [2.24, 2.45) is 0 Å². The Labute approximate surface area is 694 Å². The average Bonchev–Trinajstić information content (AvgIpc) is 1.42. The molecule has 549 valence electrons. The number of allylic oxidation sites excluding steroid dienone is 2. The fourth-order valence-corrected chi connectivity index (χ4v) is 11.9. The molecule has 0 spiro atoms. The van der Waals surface area contributed by atoms with E-state index in [1.165, 1.54) is 119 Å². The number of hydrogen-bond donors (Lipinski definition) is 1. The molecule has 7 nitrogen and oxygen atoms in total. The molecule has 0 fully saturated rings. The van der Waals surface area contributed by atoms with Gasteiger partial charge in [-0.3, -0.25) is 4.79 Å². The summed E-state index contributed by atoms with van der Waals surface area (Å²) in [4.78, 5) is 33.2. The van der Waals surface area contributed by atoms with Gasteiger partial charge in [0.2, 0.25) is 0 Å². The van der Waals surface area contributed by atoms with Gasteiger partial charge in [-0.25, -0.2) is 11.3 Å². The van der Waals surface area contributed by atoms with Gasteiger partial charge in [0.15, 0.2) is 5.78 Å². The molecule has 14 rings (SSSR count). The summed E-state index contributed by atoms with van der Waals surface area (Å²) in [5, 5.41) is 14.3. The van der Waals surface area contributed by atoms with E-state index in [9.17, 15) is 4.79 Å². The van der Waals surface area contributed by atoms with Gasteiger partial charge in [-0.2, -0.15) is 0 Å². The van der Waals surface area contributed by atoms with Crippen molar-refractivity contribution in [2.45, 2.75) is 118 Å². The van der Waals surface area contributed by atoms with E-state index in [4.69, 9.17) is 5.11 Å². The van der Waals surface area contributed by atoms with Crippen molar-refractivity contribution in [3.63, 3.8) is 0 Å². The number of aryl methyl sites for hydroxylation is 1. The molecule has 6 heterocycles. The summed E-state index contributed by atoms with van der Waals surface area (Å²) in [6, 6.07) is 99.3. The van der Waals surface area contributed by atoms with E-state index < -0.39 is 0 Å². The Hall–Kier alpha value is -7.55. The molecule has 0 aliphatic heterocycles. The first-order chi connectivity index (χ1) is 48.5. The Balaban J connectivity index is 0.000000273. The van der Waals surface area contributed by atoms with E-state index in [-0.39, 0.29) is 123 Å². The van der Waals surface area contributed by atoms with E-state index in [2.05, 4.69) is 243 Å². The minimum atomic E-state index is -0.125. The molecule has 0 bridgehead atoms. The fourth-order valence-electron chi connectivity index (χ4n) is 11.0. The number of unbranched alkanes of at least 4 members (excludes halogenated alkanes) is 5. The maximum absolute atomic E-state index is 10.0. The summed E-state index contributed by atoms with van der Waals surface area (Å²) in [6.07, 6.45) is 19.6. The molecule has 13 heteroatoms. The van der Waals surface area contributed by atoms with Gasteiger partial charge in [0.1, 0.15) is 0 Å². The molecule has 0 atom stereocenters. The number of aromatic nitrogens is 5. The van der Waals surface area contributed by atoms with E-state index in [0.717, 1.165) is 61.0 Å². The fraction of sp³-hybridized carbons (Fsp3) is 0.196. The number of hydrogen-bond acceptors (Lipinski definition) is 8. The second kappa shape index (κ2) is 46.5. The van der Waals surface area contributed by atoms with Crippen LogP contribution in [0.5, 0.6) is 0 Å². The topological polar surface area (TPSA) is 102 Å². The zero-order chi connectivity index (χ0) is 70.5. The van der Waals surface area contributed by atoms with Gasteiger partial charge in [-0.1, -0.05) is 215 Å². The third kappa shape index (κ3) is 28.6. The number of aliphatic hydroxyl groups excluding tert-OH is 1. The predicted octanol–water partition coefficient (Wildman–Crippen LogP) is 24.5. The van der Waals surface area contributed by atoms with Crippen molar-refractivity contribution in [3.8, 4) is 66.7 Å². The smallest absolute Gasteiger partial charge is 0.155 e. The molecule has 0 amide bonds. The SMILES string of the molecule is CC(=O)C=C(C)O.CC(C)(C)c1c[c-]c(-c2nccc3ccccc23)cc1.CC(C)(C)c1ccc(-c2cc[c-]c(-c3nccc4ccccc34)c2)cc1.CCCCCCCCc1c[c-]c(-c2ccccn2)cc1.[Ir].[Ir].[Ir].[Ir].[Ir].[c-]1c(-c2ccccn2)sc2ccccc12.[c-]1ccccc1-c1ccccn1. The summed E-state index contributed by atoms with van der Waals surface area (Å²) in [7, 11) is 0. The number of thiophene rings is 1. The third-order valence-electron chi connectivity index (χ3n) is 16.4. The van der Waals surface area contributed by atoms with Crippen LogP contribution in [-0.4, -0.2) is 35.8 Å². The standard InChI is InChI=1S/C25H22N.C19H18N.C19H24N.C13H8NS.C11H8N.C5H8O2.5Ir/c1-25(2,3)22-13-11-18(12-14-22)20-8-6-9-21(17-20)24-23-10-5-4-7-19(23)15-16-26-24;1-19(2,3)16-10-8-15(9-11-16)18-17-7-5-4-6-14(17)12-13-20-18;1-2-3-4-5-6-7-10-17-12-14-18(15-13-17)19-11-8-9-16-20-19;1-2-7-12-10(5-1)9-13(15-12)11-6-3-4-8-14-11;1-2-6-10(7-3-1)11-8-4-5-9-12-11;1-4(6)3-5(2)7;;;;;/h4-8,10-17H,1-3H3;4-8,10-13H,1-3H3;8-9,11-14,16H,2-7,10H2,1H3;1-8H;1-6,8-9H;3,6H,1-2H3;;;;;/q5*-1;;;;;;. The minimum Gasteiger partial charge on any atom is -0.512 e. The van der Waals surface area contributed by atoms with Crippen molar-refractivity contribution in [1.29, 1.82) is 0 Å². The van der Waals surface area contributed by atoms with Gasteiger partial charge in [-0.15, -0.1) is 166 Å². The molecule has 0 unspecified atom stereocenters. The number of carbonyl (C=O) groups excluding carboxylic acids is 1. The number of benzene rings is 8. The van der Waals surface area contributed by atoms with Gasteiger partial charge >= 0.3 is 0 Å². The van der Waals surface area contributed by atoms with Crippen molar-refractivity contribution in [1.82, 2.24) is 24.9 Å². The Morgan fingerprint density at radius 2 is 0.943 bits per heavy atom. The number of rotatable bonds is 14. The van der Waals surface area contributed by atoms with E-state index in [1.807, 2.05) is 128 Å². The normalized spacial score (nSPS) is 10.5. The van der Waals surface area contributed by atoms with Crippen molar-refractivity contribution in [2.75, 3.05) is 0 Å². The third-order valence-corrected chi connectivity index (χ3v) is 17.5. The largest absolute Gasteiger partial charge is 0.512 e. The number of carbonyl (C=O) groups is 1. The maximum atomic E-state index is 10.0. The number of nitrogens with zero attached hydrogens (tertiary/aromatic N) is 5. The predicted molar refractivity (Wildman–Crippen MR) is 420 cm³/mol. The minimum absolute atomic E-state index is 0. The van der Waals surface area contributed by atoms with Crippen LogP contribution in [0.25, 0.3) is 98.4 Å². The van der Waals surface area contributed by atoms with Crippen LogP contribution in [0.4, 0.5) is 0 Å². The van der Waals surface area contributed by atoms with Crippen LogP contribution in [0.3, 0.4) is 0 Å². The van der Waals surface area contributed by atoms with Crippen LogP contribution < -0.4 is 0 Å². The number of pyridine rings is 5. The van der Waals surface area contributed by atoms with Gasteiger partial charge in [-0.05, 0) is 120 Å². The second-order valence-electron chi connectivity index (χ2n) is 26.3. The molecule has 14 aromatic rings. The average molecular weight is 2290 g/mol. The van der Waals surface area contributed by atoms with Crippen LogP contribution in [0.1, 0.15) is 118 Å². The van der Waals surface area contributed by atoms with Crippen molar-refractivity contribution >= 4 is 48.8 Å². The summed E-state index contributed by atoms with van der Waals surface area (Å²) >= 11 is 1.73. The summed E-state index contributed by atoms with van der Waals surface area (Å²) in [5.41, 5.74) is 15.9. The summed E-state index contributed by atoms with van der Waals surface area (Å²) in [6.45, 7) is 18.5. The van der Waals surface area contributed by atoms with E-state index in [1.54, 1.807) is 17.5 Å². The molecule has 0 aliphatic rings. The van der Waals surface area contributed by atoms with Crippen LogP contribution in [-0.2, 0) is 123 Å². The van der Waals surface area contributed by atoms with E-state index in [0.29, 0.717) is 0 Å². The molecule has 0 saturated carbocycles. The number of fused-ring (bicyclic) bond motifs is 3. The maximum Gasteiger partial charge on any atom is 0.155 e. The quantitative estimate of drug-likeness (QED) is 0.0501. The Bertz CT molecular complexity index is 4740. The molecule has 1 N–H and O–H groups in total. The van der Waals surface area contributed by atoms with E-state index >= 15 is 0 Å². The summed E-state index contributed by atoms with van der Waals surface area (Å²) < 4.78 is 1.26. The van der Waals surface area contributed by atoms with Gasteiger partial charge < -0.3 is 30.0 Å². The molecule has 6 aromatic heterocycles. The monoisotopic (exact) mass is 2290 g/mol. The second-order valence-corrected chi connectivity index (χ2v) is 27.4. The van der Waals surface area contributed by atoms with Crippen LogP contribution in [0.2, 0.25) is 0 Å². The number of ketones is 1. The molecule has 0 saturated heterocycles. The molecule has 5 radical (unpaired) electrons. The Kier molecular flexibility index (Phi) is 39.8. The Morgan fingerprint density at radius 1 is 0.438 bits per heavy atom. The van der Waals surface area contributed by atoms with Crippen molar-refractivity contribution < 1.29 is 110 Å². The molecule has 0 aliphatic carbocycles. The first-order valence-electron chi connectivity index (χ1n) is 34.3. The molecular formula is C92H88Ir5N5O2S-5. The molecule has 105 heavy (non-hydrogen) atoms. The zero-order valence-corrected chi connectivity index (χ0v) is 73.5. The zero-order valence-electron chi connectivity index (χ0n) is 60.7. The van der Waals surface area contributed by atoms with Gasteiger partial charge in [0, 0.05) is 143 Å². The molecule has 8 aromatic carbocycles.